The van der Waals surface area contributed by atoms with E-state index in [9.17, 15) is 14.7 Å². The minimum absolute atomic E-state index is 0. The van der Waals surface area contributed by atoms with Crippen LogP contribution in [0.5, 0.6) is 0 Å². The molecule has 3 aromatic carbocycles. The Morgan fingerprint density at radius 3 is 2.74 bits per heavy atom. The van der Waals surface area contributed by atoms with Gasteiger partial charge in [0.25, 0.3) is 5.91 Å². The summed E-state index contributed by atoms with van der Waals surface area (Å²) in [6.07, 6.45) is 4.71. The van der Waals surface area contributed by atoms with E-state index in [1.807, 2.05) is 0 Å². The third kappa shape index (κ3) is 3.56. The number of nitrogens with one attached hydrogen (secondary N) is 2. The second-order valence-electron chi connectivity index (χ2n) is 7.58. The van der Waals surface area contributed by atoms with Crippen molar-refractivity contribution in [1.29, 1.82) is 0 Å². The summed E-state index contributed by atoms with van der Waals surface area (Å²) in [7, 11) is 1.23. The number of nitrogens with zero attached hydrogens (tertiary/aromatic N) is 2. The number of benzene rings is 3. The molecule has 1 unspecified atom stereocenters. The molecule has 0 bridgehead atoms. The van der Waals surface area contributed by atoms with Crippen molar-refractivity contribution in [1.82, 2.24) is 9.97 Å². The van der Waals surface area contributed by atoms with Crippen LogP contribution in [-0.4, -0.2) is 34.2 Å². The zero-order valence-corrected chi connectivity index (χ0v) is 19.0. The molecule has 0 saturated carbocycles. The Balaban J connectivity index is 0.00000289. The Morgan fingerprint density at radius 2 is 2.00 bits per heavy atom. The summed E-state index contributed by atoms with van der Waals surface area (Å²) in [5.41, 5.74) is -0.488. The highest BCUT2D eigenvalue weighted by atomic mass is 35.5. The number of fused-ring (bicyclic) bond motifs is 2. The van der Waals surface area contributed by atoms with Crippen LogP contribution in [-0.2, 0) is 10.5 Å². The van der Waals surface area contributed by atoms with Crippen LogP contribution >= 0.6 is 12.4 Å². The normalized spacial score (nSPS) is 16.4. The van der Waals surface area contributed by atoms with E-state index in [4.69, 9.17) is 6.42 Å². The number of ether oxygens (including phenoxy) is 1. The van der Waals surface area contributed by atoms with Gasteiger partial charge in [-0.15, -0.1) is 18.8 Å². The van der Waals surface area contributed by atoms with Crippen LogP contribution in [0, 0.1) is 18.2 Å². The number of terminal acetylenes is 1. The average Bonchev–Trinajstić information content (AvgIpc) is 3.35. The van der Waals surface area contributed by atoms with Gasteiger partial charge in [0.2, 0.25) is 5.95 Å². The highest BCUT2D eigenvalue weighted by Gasteiger charge is 2.51. The number of anilines is 2. The van der Waals surface area contributed by atoms with E-state index in [0.717, 1.165) is 4.90 Å². The number of hydrogen-bond donors (Lipinski definition) is 3. The lowest BCUT2D eigenvalue weighted by molar-refractivity contribution is 0.0699. The molecule has 3 N–H and O–H groups in total. The largest absolute Gasteiger partial charge is 0.453 e. The number of methoxy groups -OCH3 is 1. The first-order valence-corrected chi connectivity index (χ1v) is 10.1. The lowest BCUT2D eigenvalue weighted by Crippen LogP contribution is -2.45. The van der Waals surface area contributed by atoms with Gasteiger partial charge in [0.05, 0.1) is 29.4 Å². The van der Waals surface area contributed by atoms with E-state index in [2.05, 4.69) is 25.9 Å². The molecule has 176 valence electrons. The standard InChI is InChI=1S/C25H17FN4O4.ClH/c1-3-14-7-6-10-20(21(14)26)30-22(31)16-8-4-5-9-17(16)25(30,33)15-11-12-18-19(13-15)28-23(27-18)29-24(32)34-2;/h1,4-13,33H,2H3,(H2,27,28,29,32);1H. The molecule has 35 heavy (non-hydrogen) atoms. The fourth-order valence-corrected chi connectivity index (χ4v) is 4.17. The number of aliphatic hydroxyl groups is 1. The number of aromatic nitrogens is 2. The predicted octanol–water partition coefficient (Wildman–Crippen LogP) is 4.14. The van der Waals surface area contributed by atoms with Gasteiger partial charge in [-0.3, -0.25) is 15.0 Å². The first kappa shape index (κ1) is 23.8. The number of carbonyl (C=O) groups is 2. The number of carbonyl (C=O) groups excluding carboxylic acids is 2. The number of imidazole rings is 1. The van der Waals surface area contributed by atoms with Crippen molar-refractivity contribution in [2.24, 2.45) is 0 Å². The second-order valence-corrected chi connectivity index (χ2v) is 7.58. The maximum Gasteiger partial charge on any atom is 0.413 e. The van der Waals surface area contributed by atoms with Crippen LogP contribution in [0.15, 0.2) is 60.7 Å². The van der Waals surface area contributed by atoms with Gasteiger partial charge in [-0.25, -0.2) is 14.2 Å². The summed E-state index contributed by atoms with van der Waals surface area (Å²) >= 11 is 0. The molecule has 2 heterocycles. The first-order valence-electron chi connectivity index (χ1n) is 10.1. The van der Waals surface area contributed by atoms with E-state index < -0.39 is 23.5 Å². The number of amides is 2. The number of halogens is 2. The van der Waals surface area contributed by atoms with Crippen molar-refractivity contribution in [3.8, 4) is 12.3 Å². The van der Waals surface area contributed by atoms with Gasteiger partial charge in [0, 0.05) is 16.7 Å². The van der Waals surface area contributed by atoms with E-state index in [1.54, 1.807) is 42.5 Å². The minimum atomic E-state index is -2.04. The lowest BCUT2D eigenvalue weighted by atomic mass is 9.93. The molecule has 1 atom stereocenters. The van der Waals surface area contributed by atoms with Crippen molar-refractivity contribution in [3.63, 3.8) is 0 Å². The average molecular weight is 493 g/mol. The van der Waals surface area contributed by atoms with Gasteiger partial charge in [0.15, 0.2) is 11.5 Å². The van der Waals surface area contributed by atoms with Crippen molar-refractivity contribution in [2.45, 2.75) is 5.72 Å². The van der Waals surface area contributed by atoms with E-state index in [1.165, 1.54) is 25.3 Å². The van der Waals surface area contributed by atoms with Gasteiger partial charge in [0.1, 0.15) is 0 Å². The molecule has 10 heteroatoms. The fourth-order valence-electron chi connectivity index (χ4n) is 4.17. The third-order valence-electron chi connectivity index (χ3n) is 5.72. The quantitative estimate of drug-likeness (QED) is 0.373. The predicted molar refractivity (Wildman–Crippen MR) is 130 cm³/mol. The number of aromatic amines is 1. The zero-order chi connectivity index (χ0) is 24.0. The van der Waals surface area contributed by atoms with Crippen molar-refractivity contribution in [3.05, 3.63) is 88.7 Å². The van der Waals surface area contributed by atoms with Crippen molar-refractivity contribution in [2.75, 3.05) is 17.3 Å². The Kier molecular flexibility index (Phi) is 5.94. The summed E-state index contributed by atoms with van der Waals surface area (Å²) in [6.45, 7) is 0. The number of hydrogen-bond acceptors (Lipinski definition) is 5. The van der Waals surface area contributed by atoms with Crippen molar-refractivity contribution >= 4 is 47.1 Å². The van der Waals surface area contributed by atoms with Crippen LogP contribution < -0.4 is 10.2 Å². The van der Waals surface area contributed by atoms with Crippen LogP contribution in [0.25, 0.3) is 11.0 Å². The molecule has 1 aliphatic heterocycles. The number of rotatable bonds is 3. The molecule has 4 aromatic rings. The maximum atomic E-state index is 15.3. The van der Waals surface area contributed by atoms with E-state index in [0.29, 0.717) is 11.0 Å². The Morgan fingerprint density at radius 1 is 1.23 bits per heavy atom. The molecule has 2 amide bonds. The van der Waals surface area contributed by atoms with Gasteiger partial charge < -0.3 is 14.8 Å². The molecule has 0 spiro atoms. The van der Waals surface area contributed by atoms with Crippen LogP contribution in [0.1, 0.15) is 27.0 Å². The van der Waals surface area contributed by atoms with E-state index >= 15 is 4.39 Å². The Hall–Kier alpha value is -4.39. The molecule has 8 nitrogen and oxygen atoms in total. The maximum absolute atomic E-state index is 15.3. The van der Waals surface area contributed by atoms with Crippen LogP contribution in [0.4, 0.5) is 20.8 Å². The third-order valence-corrected chi connectivity index (χ3v) is 5.72. The fraction of sp³-hybridized carbons (Fsp3) is 0.0800. The van der Waals surface area contributed by atoms with Gasteiger partial charge in [-0.1, -0.05) is 36.3 Å². The molecule has 0 aliphatic carbocycles. The highest BCUT2D eigenvalue weighted by Crippen LogP contribution is 2.46. The highest BCUT2D eigenvalue weighted by molar-refractivity contribution is 6.12. The van der Waals surface area contributed by atoms with E-state index in [-0.39, 0.29) is 46.3 Å². The molecular formula is C25H18ClFN4O4. The molecular weight excluding hydrogens is 475 g/mol. The zero-order valence-electron chi connectivity index (χ0n) is 18.2. The smallest absolute Gasteiger partial charge is 0.413 e. The first-order chi connectivity index (χ1) is 16.4. The topological polar surface area (TPSA) is 108 Å². The van der Waals surface area contributed by atoms with Crippen LogP contribution in [0.2, 0.25) is 0 Å². The summed E-state index contributed by atoms with van der Waals surface area (Å²) in [5, 5.41) is 14.5. The Bertz CT molecular complexity index is 1530. The molecule has 0 radical (unpaired) electrons. The second kappa shape index (κ2) is 8.76. The lowest BCUT2D eigenvalue weighted by Gasteiger charge is -2.35. The molecule has 1 aromatic heterocycles. The van der Waals surface area contributed by atoms with Gasteiger partial charge >= 0.3 is 6.09 Å². The van der Waals surface area contributed by atoms with Crippen LogP contribution in [0.3, 0.4) is 0 Å². The Labute approximate surface area is 205 Å². The summed E-state index contributed by atoms with van der Waals surface area (Å²) in [5.74, 6) is 1.02. The monoisotopic (exact) mass is 492 g/mol. The van der Waals surface area contributed by atoms with Gasteiger partial charge in [-0.2, -0.15) is 0 Å². The number of H-pyrrole nitrogens is 1. The summed E-state index contributed by atoms with van der Waals surface area (Å²) < 4.78 is 19.8. The van der Waals surface area contributed by atoms with Gasteiger partial charge in [-0.05, 0) is 30.3 Å². The minimum Gasteiger partial charge on any atom is -0.453 e. The van der Waals surface area contributed by atoms with Crippen molar-refractivity contribution < 1.29 is 23.8 Å². The SMILES string of the molecule is C#Cc1cccc(N2C(=O)c3ccccc3C2(O)c2ccc3nc(NC(=O)OC)[nH]c3c2)c1F.Cl. The molecule has 0 saturated heterocycles. The molecule has 0 fully saturated rings. The molecule has 5 rings (SSSR count). The summed E-state index contributed by atoms with van der Waals surface area (Å²) in [4.78, 5) is 33.1. The summed E-state index contributed by atoms with van der Waals surface area (Å²) in [6, 6.07) is 15.6. The molecule has 1 aliphatic rings.